The lowest BCUT2D eigenvalue weighted by molar-refractivity contribution is 0.0595. The molecule has 0 unspecified atom stereocenters. The second-order valence-electron chi connectivity index (χ2n) is 2.39. The summed E-state index contributed by atoms with van der Waals surface area (Å²) >= 11 is 1.24. The van der Waals surface area contributed by atoms with E-state index in [2.05, 4.69) is 24.5 Å². The zero-order valence-corrected chi connectivity index (χ0v) is 8.04. The summed E-state index contributed by atoms with van der Waals surface area (Å²) in [6.07, 6.45) is 1.63. The predicted octanol–water partition coefficient (Wildman–Crippen LogP) is 0.715. The fourth-order valence-corrected chi connectivity index (χ4v) is 1.57. The van der Waals surface area contributed by atoms with Crippen molar-refractivity contribution in [2.45, 2.75) is 0 Å². The third kappa shape index (κ3) is 1.37. The zero-order valence-electron chi connectivity index (χ0n) is 7.22. The molecule has 2 rings (SSSR count). The SMILES string of the molecule is COC(=O)c1n[nH]nc1-c1ccns1. The molecule has 2 aromatic rings. The van der Waals surface area contributed by atoms with Crippen molar-refractivity contribution >= 4 is 17.5 Å². The molecule has 2 heterocycles. The van der Waals surface area contributed by atoms with Gasteiger partial charge in [0, 0.05) is 6.20 Å². The minimum atomic E-state index is -0.512. The first-order chi connectivity index (χ1) is 6.83. The van der Waals surface area contributed by atoms with Crippen LogP contribution in [0.15, 0.2) is 12.3 Å². The third-order valence-corrected chi connectivity index (χ3v) is 2.35. The average molecular weight is 210 g/mol. The van der Waals surface area contributed by atoms with Crippen molar-refractivity contribution in [2.75, 3.05) is 7.11 Å². The minimum absolute atomic E-state index is 0.178. The van der Waals surface area contributed by atoms with Gasteiger partial charge in [-0.15, -0.1) is 5.10 Å². The number of H-pyrrole nitrogens is 1. The zero-order chi connectivity index (χ0) is 9.97. The number of nitrogens with one attached hydrogen (secondary N) is 1. The Hall–Kier alpha value is -1.76. The van der Waals surface area contributed by atoms with E-state index < -0.39 is 5.97 Å². The third-order valence-electron chi connectivity index (χ3n) is 1.60. The molecule has 0 saturated heterocycles. The van der Waals surface area contributed by atoms with E-state index >= 15 is 0 Å². The molecular formula is C7H6N4O2S. The second-order valence-corrected chi connectivity index (χ2v) is 3.22. The smallest absolute Gasteiger partial charge is 0.360 e. The van der Waals surface area contributed by atoms with Crippen LogP contribution in [0.25, 0.3) is 10.6 Å². The maximum Gasteiger partial charge on any atom is 0.360 e. The van der Waals surface area contributed by atoms with Crippen molar-refractivity contribution in [3.8, 4) is 10.6 Å². The van der Waals surface area contributed by atoms with Gasteiger partial charge in [-0.2, -0.15) is 10.3 Å². The van der Waals surface area contributed by atoms with Crippen LogP contribution in [0.2, 0.25) is 0 Å². The van der Waals surface area contributed by atoms with Crippen LogP contribution in [0.3, 0.4) is 0 Å². The molecule has 0 radical (unpaired) electrons. The van der Waals surface area contributed by atoms with Crippen LogP contribution in [0.1, 0.15) is 10.5 Å². The number of nitrogens with zero attached hydrogens (tertiary/aromatic N) is 3. The molecule has 6 nitrogen and oxygen atoms in total. The molecule has 1 N–H and O–H groups in total. The van der Waals surface area contributed by atoms with Gasteiger partial charge >= 0.3 is 5.97 Å². The number of methoxy groups -OCH3 is 1. The Kier molecular flexibility index (Phi) is 2.23. The maximum absolute atomic E-state index is 11.2. The summed E-state index contributed by atoms with van der Waals surface area (Å²) in [4.78, 5) is 12.0. The van der Waals surface area contributed by atoms with Gasteiger partial charge in [0.2, 0.25) is 0 Å². The van der Waals surface area contributed by atoms with Gasteiger partial charge in [0.05, 0.1) is 12.0 Å². The van der Waals surface area contributed by atoms with E-state index in [-0.39, 0.29) is 5.69 Å². The van der Waals surface area contributed by atoms with Gasteiger partial charge in [0.1, 0.15) is 5.69 Å². The minimum Gasteiger partial charge on any atom is -0.464 e. The highest BCUT2D eigenvalue weighted by atomic mass is 32.1. The topological polar surface area (TPSA) is 80.8 Å². The van der Waals surface area contributed by atoms with Gasteiger partial charge in [0.15, 0.2) is 5.69 Å². The van der Waals surface area contributed by atoms with Crippen LogP contribution in [-0.2, 0) is 4.74 Å². The number of carbonyl (C=O) groups is 1. The van der Waals surface area contributed by atoms with Crippen molar-refractivity contribution in [1.29, 1.82) is 0 Å². The van der Waals surface area contributed by atoms with Crippen molar-refractivity contribution in [2.24, 2.45) is 0 Å². The number of rotatable bonds is 2. The summed E-state index contributed by atoms with van der Waals surface area (Å²) in [5.74, 6) is -0.512. The summed E-state index contributed by atoms with van der Waals surface area (Å²) in [5, 5.41) is 9.95. The number of hydrogen-bond donors (Lipinski definition) is 1. The number of aromatic amines is 1. The fraction of sp³-hybridized carbons (Fsp3) is 0.143. The Morgan fingerprint density at radius 2 is 2.43 bits per heavy atom. The lowest BCUT2D eigenvalue weighted by Gasteiger charge is -1.94. The van der Waals surface area contributed by atoms with Crippen LogP contribution in [0.5, 0.6) is 0 Å². The Labute approximate surface area is 83.1 Å². The normalized spacial score (nSPS) is 10.1. The first-order valence-corrected chi connectivity index (χ1v) is 4.50. The molecule has 0 aliphatic rings. The van der Waals surface area contributed by atoms with E-state index in [1.54, 1.807) is 12.3 Å². The first-order valence-electron chi connectivity index (χ1n) is 3.73. The van der Waals surface area contributed by atoms with E-state index in [4.69, 9.17) is 0 Å². The van der Waals surface area contributed by atoms with Gasteiger partial charge in [-0.05, 0) is 17.6 Å². The standard InChI is InChI=1S/C7H6N4O2S/c1-13-7(12)6-5(9-11-10-6)4-2-3-8-14-4/h2-3H,1H3,(H,9,10,11). The summed E-state index contributed by atoms with van der Waals surface area (Å²) < 4.78 is 8.47. The molecule has 72 valence electrons. The molecule has 14 heavy (non-hydrogen) atoms. The Morgan fingerprint density at radius 1 is 1.57 bits per heavy atom. The fourth-order valence-electron chi connectivity index (χ4n) is 0.980. The maximum atomic E-state index is 11.2. The Balaban J connectivity index is 2.45. The van der Waals surface area contributed by atoms with Crippen LogP contribution < -0.4 is 0 Å². The van der Waals surface area contributed by atoms with Crippen molar-refractivity contribution in [3.63, 3.8) is 0 Å². The number of esters is 1. The Morgan fingerprint density at radius 3 is 3.07 bits per heavy atom. The molecule has 0 fully saturated rings. The largest absolute Gasteiger partial charge is 0.464 e. The van der Waals surface area contributed by atoms with Crippen molar-refractivity contribution in [3.05, 3.63) is 18.0 Å². The van der Waals surface area contributed by atoms with Gasteiger partial charge in [-0.25, -0.2) is 9.17 Å². The molecule has 0 aliphatic carbocycles. The summed E-state index contributed by atoms with van der Waals surface area (Å²) in [5.41, 5.74) is 0.649. The van der Waals surface area contributed by atoms with E-state index in [1.165, 1.54) is 18.6 Å². The van der Waals surface area contributed by atoms with Crippen LogP contribution in [-0.4, -0.2) is 32.9 Å². The van der Waals surface area contributed by atoms with Crippen molar-refractivity contribution < 1.29 is 9.53 Å². The summed E-state index contributed by atoms with van der Waals surface area (Å²) in [6, 6.07) is 1.76. The number of aromatic nitrogens is 4. The Bertz CT molecular complexity index is 436. The highest BCUT2D eigenvalue weighted by Gasteiger charge is 2.18. The lowest BCUT2D eigenvalue weighted by Crippen LogP contribution is -2.03. The molecule has 0 amide bonds. The molecule has 2 aromatic heterocycles. The monoisotopic (exact) mass is 210 g/mol. The van der Waals surface area contributed by atoms with E-state index in [0.717, 1.165) is 4.88 Å². The molecule has 0 aliphatic heterocycles. The number of hydrogen-bond acceptors (Lipinski definition) is 6. The molecule has 0 spiro atoms. The van der Waals surface area contributed by atoms with Gasteiger partial charge in [0.25, 0.3) is 0 Å². The molecule has 0 atom stereocenters. The predicted molar refractivity (Wildman–Crippen MR) is 48.8 cm³/mol. The van der Waals surface area contributed by atoms with Crippen molar-refractivity contribution in [1.82, 2.24) is 19.8 Å². The average Bonchev–Trinajstić information content (AvgIpc) is 2.85. The highest BCUT2D eigenvalue weighted by molar-refractivity contribution is 7.09. The van der Waals surface area contributed by atoms with Gasteiger partial charge in [-0.1, -0.05) is 0 Å². The van der Waals surface area contributed by atoms with E-state index in [1.807, 2.05) is 0 Å². The first kappa shape index (κ1) is 8.82. The second kappa shape index (κ2) is 3.54. The number of ether oxygens (including phenoxy) is 1. The lowest BCUT2D eigenvalue weighted by atomic mass is 10.3. The van der Waals surface area contributed by atoms with Crippen LogP contribution in [0, 0.1) is 0 Å². The van der Waals surface area contributed by atoms with E-state index in [9.17, 15) is 4.79 Å². The quantitative estimate of drug-likeness (QED) is 0.738. The molecule has 7 heteroatoms. The van der Waals surface area contributed by atoms with Crippen LogP contribution >= 0.6 is 11.5 Å². The molecule has 0 bridgehead atoms. The highest BCUT2D eigenvalue weighted by Crippen LogP contribution is 2.22. The molecule has 0 saturated carbocycles. The van der Waals surface area contributed by atoms with E-state index in [0.29, 0.717) is 5.69 Å². The van der Waals surface area contributed by atoms with Crippen LogP contribution in [0.4, 0.5) is 0 Å². The molecule has 0 aromatic carbocycles. The summed E-state index contributed by atoms with van der Waals surface area (Å²) in [6.45, 7) is 0. The van der Waals surface area contributed by atoms with Gasteiger partial charge in [-0.3, -0.25) is 0 Å². The molecular weight excluding hydrogens is 204 g/mol. The van der Waals surface area contributed by atoms with Gasteiger partial charge < -0.3 is 4.74 Å². The number of carbonyl (C=O) groups excluding carboxylic acids is 1. The summed E-state index contributed by atoms with van der Waals surface area (Å²) in [7, 11) is 1.30.